The van der Waals surface area contributed by atoms with Crippen LogP contribution in [0.4, 0.5) is 0 Å². The van der Waals surface area contributed by atoms with Crippen LogP contribution in [0.15, 0.2) is 29.2 Å². The van der Waals surface area contributed by atoms with Crippen LogP contribution < -0.4 is 4.72 Å². The molecule has 1 atom stereocenters. The molecule has 0 aliphatic carbocycles. The lowest BCUT2D eigenvalue weighted by Crippen LogP contribution is -2.33. The van der Waals surface area contributed by atoms with Gasteiger partial charge in [-0.05, 0) is 44.5 Å². The van der Waals surface area contributed by atoms with Gasteiger partial charge in [0.1, 0.15) is 0 Å². The average Bonchev–Trinajstić information content (AvgIpc) is 2.39. The summed E-state index contributed by atoms with van der Waals surface area (Å²) in [4.78, 5) is 11.5. The van der Waals surface area contributed by atoms with Gasteiger partial charge < -0.3 is 9.84 Å². The monoisotopic (exact) mass is 301 g/mol. The molecular weight excluding hydrogens is 282 g/mol. The molecule has 0 fully saturated rings. The van der Waals surface area contributed by atoms with Crippen LogP contribution in [0.1, 0.15) is 30.6 Å². The van der Waals surface area contributed by atoms with Gasteiger partial charge >= 0.3 is 5.97 Å². The molecule has 0 saturated heterocycles. The lowest BCUT2D eigenvalue weighted by atomic mass is 10.2. The Bertz CT molecular complexity index is 538. The fourth-order valence-electron chi connectivity index (χ4n) is 1.57. The number of aliphatic hydroxyl groups excluding tert-OH is 1. The molecule has 0 aromatic heterocycles. The summed E-state index contributed by atoms with van der Waals surface area (Å²) < 4.78 is 31.3. The second kappa shape index (κ2) is 7.37. The highest BCUT2D eigenvalue weighted by Gasteiger charge is 2.17. The maximum atomic E-state index is 12.0. The molecule has 1 unspecified atom stereocenters. The summed E-state index contributed by atoms with van der Waals surface area (Å²) in [6.45, 7) is 3.54. The highest BCUT2D eigenvalue weighted by Crippen LogP contribution is 2.12. The van der Waals surface area contributed by atoms with Crippen molar-refractivity contribution in [2.75, 3.05) is 13.2 Å². The van der Waals surface area contributed by atoms with E-state index in [1.807, 2.05) is 0 Å². The summed E-state index contributed by atoms with van der Waals surface area (Å²) in [5.74, 6) is -0.488. The standard InChI is InChI=1S/C13H19NO5S/c1-3-19-13(16)11-4-6-12(7-5-11)20(17,18)14-10(2)8-9-15/h4-7,10,14-15H,3,8-9H2,1-2H3. The van der Waals surface area contributed by atoms with E-state index in [0.29, 0.717) is 12.0 Å². The molecule has 0 radical (unpaired) electrons. The van der Waals surface area contributed by atoms with E-state index in [2.05, 4.69) is 4.72 Å². The third kappa shape index (κ3) is 4.59. The first-order chi connectivity index (χ1) is 9.40. The smallest absolute Gasteiger partial charge is 0.338 e. The maximum absolute atomic E-state index is 12.0. The summed E-state index contributed by atoms with van der Waals surface area (Å²) in [6, 6.07) is 5.14. The molecule has 1 aromatic rings. The number of esters is 1. The third-order valence-corrected chi connectivity index (χ3v) is 4.20. The summed E-state index contributed by atoms with van der Waals surface area (Å²) in [7, 11) is -3.65. The predicted octanol–water partition coefficient (Wildman–Crippen LogP) is 0.912. The molecule has 0 saturated carbocycles. The van der Waals surface area contributed by atoms with Crippen molar-refractivity contribution in [3.05, 3.63) is 29.8 Å². The fraction of sp³-hybridized carbons (Fsp3) is 0.462. The van der Waals surface area contributed by atoms with Gasteiger partial charge in [-0.25, -0.2) is 17.9 Å². The van der Waals surface area contributed by atoms with Crippen LogP contribution in [0.25, 0.3) is 0 Å². The van der Waals surface area contributed by atoms with Crippen LogP contribution in [0.3, 0.4) is 0 Å². The van der Waals surface area contributed by atoms with Crippen molar-refractivity contribution in [1.82, 2.24) is 4.72 Å². The molecule has 0 aliphatic heterocycles. The molecule has 0 bridgehead atoms. The van der Waals surface area contributed by atoms with Crippen molar-refractivity contribution in [1.29, 1.82) is 0 Å². The van der Waals surface area contributed by atoms with Crippen molar-refractivity contribution in [3.8, 4) is 0 Å². The molecule has 2 N–H and O–H groups in total. The number of hydrogen-bond donors (Lipinski definition) is 2. The number of sulfonamides is 1. The van der Waals surface area contributed by atoms with E-state index in [-0.39, 0.29) is 24.2 Å². The quantitative estimate of drug-likeness (QED) is 0.730. The Morgan fingerprint density at radius 1 is 1.35 bits per heavy atom. The fourth-order valence-corrected chi connectivity index (χ4v) is 2.85. The number of rotatable bonds is 7. The van der Waals surface area contributed by atoms with Crippen LogP contribution in [0.5, 0.6) is 0 Å². The first kappa shape index (κ1) is 16.6. The van der Waals surface area contributed by atoms with E-state index < -0.39 is 16.0 Å². The lowest BCUT2D eigenvalue weighted by molar-refractivity contribution is 0.0526. The lowest BCUT2D eigenvalue weighted by Gasteiger charge is -2.13. The highest BCUT2D eigenvalue weighted by atomic mass is 32.2. The van der Waals surface area contributed by atoms with Crippen LogP contribution in [0, 0.1) is 0 Å². The van der Waals surface area contributed by atoms with Gasteiger partial charge in [-0.2, -0.15) is 0 Å². The minimum Gasteiger partial charge on any atom is -0.462 e. The zero-order chi connectivity index (χ0) is 15.2. The van der Waals surface area contributed by atoms with Gasteiger partial charge in [0.05, 0.1) is 17.1 Å². The minimum absolute atomic E-state index is 0.0651. The average molecular weight is 301 g/mol. The summed E-state index contributed by atoms with van der Waals surface area (Å²) in [5, 5.41) is 8.77. The molecule has 1 aromatic carbocycles. The Hall–Kier alpha value is -1.44. The molecule has 6 nitrogen and oxygen atoms in total. The summed E-state index contributed by atoms with van der Waals surface area (Å²) in [6.07, 6.45) is 0.333. The zero-order valence-electron chi connectivity index (χ0n) is 11.5. The van der Waals surface area contributed by atoms with E-state index in [9.17, 15) is 13.2 Å². The SMILES string of the molecule is CCOC(=O)c1ccc(S(=O)(=O)NC(C)CCO)cc1. The first-order valence-electron chi connectivity index (χ1n) is 6.31. The summed E-state index contributed by atoms with van der Waals surface area (Å²) >= 11 is 0. The van der Waals surface area contributed by atoms with Gasteiger partial charge in [0.2, 0.25) is 10.0 Å². The number of carbonyl (C=O) groups excluding carboxylic acids is 1. The Morgan fingerprint density at radius 3 is 2.45 bits per heavy atom. The van der Waals surface area contributed by atoms with Crippen molar-refractivity contribution < 1.29 is 23.1 Å². The number of ether oxygens (including phenoxy) is 1. The second-order valence-corrected chi connectivity index (χ2v) is 5.99. The van der Waals surface area contributed by atoms with Crippen LogP contribution in [-0.2, 0) is 14.8 Å². The maximum Gasteiger partial charge on any atom is 0.338 e. The Labute approximate surface area is 118 Å². The number of nitrogens with one attached hydrogen (secondary N) is 1. The number of benzene rings is 1. The molecule has 0 heterocycles. The molecule has 1 rings (SSSR count). The molecular formula is C13H19NO5S. The predicted molar refractivity (Wildman–Crippen MR) is 73.9 cm³/mol. The normalized spacial score (nSPS) is 12.9. The van der Waals surface area contributed by atoms with Crippen molar-refractivity contribution in [3.63, 3.8) is 0 Å². The molecule has 112 valence electrons. The Balaban J connectivity index is 2.84. The molecule has 7 heteroatoms. The van der Waals surface area contributed by atoms with Gasteiger partial charge in [0, 0.05) is 12.6 Å². The van der Waals surface area contributed by atoms with E-state index in [1.165, 1.54) is 24.3 Å². The molecule has 0 aliphatic rings. The van der Waals surface area contributed by atoms with E-state index in [4.69, 9.17) is 9.84 Å². The van der Waals surface area contributed by atoms with Gasteiger partial charge in [0.25, 0.3) is 0 Å². The van der Waals surface area contributed by atoms with Crippen molar-refractivity contribution in [2.45, 2.75) is 31.2 Å². The van der Waals surface area contributed by atoms with Gasteiger partial charge in [-0.3, -0.25) is 0 Å². The van der Waals surface area contributed by atoms with Gasteiger partial charge in [0.15, 0.2) is 0 Å². The van der Waals surface area contributed by atoms with Gasteiger partial charge in [-0.15, -0.1) is 0 Å². The minimum atomic E-state index is -3.65. The zero-order valence-corrected chi connectivity index (χ0v) is 12.3. The second-order valence-electron chi connectivity index (χ2n) is 4.28. The molecule has 0 amide bonds. The first-order valence-corrected chi connectivity index (χ1v) is 7.79. The largest absolute Gasteiger partial charge is 0.462 e. The number of carbonyl (C=O) groups is 1. The Morgan fingerprint density at radius 2 is 1.95 bits per heavy atom. The molecule has 0 spiro atoms. The highest BCUT2D eigenvalue weighted by molar-refractivity contribution is 7.89. The van der Waals surface area contributed by atoms with E-state index >= 15 is 0 Å². The van der Waals surface area contributed by atoms with Crippen LogP contribution >= 0.6 is 0 Å². The third-order valence-electron chi connectivity index (χ3n) is 2.59. The Kier molecular flexibility index (Phi) is 6.12. The van der Waals surface area contributed by atoms with Crippen LogP contribution in [0.2, 0.25) is 0 Å². The number of hydrogen-bond acceptors (Lipinski definition) is 5. The molecule has 20 heavy (non-hydrogen) atoms. The van der Waals surface area contributed by atoms with Crippen molar-refractivity contribution >= 4 is 16.0 Å². The van der Waals surface area contributed by atoms with Gasteiger partial charge in [-0.1, -0.05) is 0 Å². The summed E-state index contributed by atoms with van der Waals surface area (Å²) in [5.41, 5.74) is 0.300. The van der Waals surface area contributed by atoms with E-state index in [1.54, 1.807) is 13.8 Å². The van der Waals surface area contributed by atoms with Crippen molar-refractivity contribution in [2.24, 2.45) is 0 Å². The topological polar surface area (TPSA) is 92.7 Å². The van der Waals surface area contributed by atoms with E-state index in [0.717, 1.165) is 0 Å². The number of aliphatic hydroxyl groups is 1. The van der Waals surface area contributed by atoms with Crippen LogP contribution in [-0.4, -0.2) is 38.7 Å².